The van der Waals surface area contributed by atoms with Gasteiger partial charge in [-0.1, -0.05) is 61.5 Å². The van der Waals surface area contributed by atoms with Crippen LogP contribution < -0.4 is 10.1 Å². The van der Waals surface area contributed by atoms with E-state index in [1.54, 1.807) is 0 Å². The van der Waals surface area contributed by atoms with Crippen molar-refractivity contribution in [1.29, 1.82) is 0 Å². The number of nitrogens with one attached hydrogen (secondary N) is 1. The van der Waals surface area contributed by atoms with E-state index < -0.39 is 0 Å². The van der Waals surface area contributed by atoms with Gasteiger partial charge in [-0.3, -0.25) is 4.79 Å². The molecule has 0 aliphatic carbocycles. The van der Waals surface area contributed by atoms with Gasteiger partial charge in [0, 0.05) is 11.6 Å². The summed E-state index contributed by atoms with van der Waals surface area (Å²) in [6.07, 6.45) is 0. The van der Waals surface area contributed by atoms with E-state index in [1.165, 1.54) is 5.56 Å². The molecule has 3 aromatic rings. The van der Waals surface area contributed by atoms with Gasteiger partial charge in [0.15, 0.2) is 12.4 Å². The predicted molar refractivity (Wildman–Crippen MR) is 99.8 cm³/mol. The molecule has 1 aromatic heterocycles. The Labute approximate surface area is 153 Å². The zero-order chi connectivity index (χ0) is 18.4. The zero-order valence-corrected chi connectivity index (χ0v) is 14.9. The van der Waals surface area contributed by atoms with Gasteiger partial charge in [-0.05, 0) is 23.6 Å². The Morgan fingerprint density at radius 3 is 2.54 bits per heavy atom. The van der Waals surface area contributed by atoms with Crippen LogP contribution in [0.2, 0.25) is 0 Å². The molecule has 0 atom stereocenters. The van der Waals surface area contributed by atoms with Crippen LogP contribution in [0.25, 0.3) is 11.3 Å². The number of benzene rings is 2. The Morgan fingerprint density at radius 1 is 1.12 bits per heavy atom. The van der Waals surface area contributed by atoms with E-state index in [1.807, 2.05) is 60.7 Å². The first-order valence-electron chi connectivity index (χ1n) is 8.62. The van der Waals surface area contributed by atoms with Gasteiger partial charge in [-0.2, -0.15) is 0 Å². The third-order valence-corrected chi connectivity index (χ3v) is 4.00. The fourth-order valence-electron chi connectivity index (χ4n) is 2.48. The Balaban J connectivity index is 1.46. The van der Waals surface area contributed by atoms with Gasteiger partial charge in [-0.15, -0.1) is 0 Å². The molecule has 5 nitrogen and oxygen atoms in total. The van der Waals surface area contributed by atoms with Crippen molar-refractivity contribution in [2.45, 2.75) is 26.3 Å². The molecule has 1 amide bonds. The minimum atomic E-state index is -0.212. The Morgan fingerprint density at radius 2 is 1.85 bits per heavy atom. The average Bonchev–Trinajstić information content (AvgIpc) is 3.15. The molecule has 26 heavy (non-hydrogen) atoms. The van der Waals surface area contributed by atoms with Crippen molar-refractivity contribution in [2.24, 2.45) is 0 Å². The Bertz CT molecular complexity index is 839. The summed E-state index contributed by atoms with van der Waals surface area (Å²) in [6, 6.07) is 19.3. The van der Waals surface area contributed by atoms with E-state index >= 15 is 0 Å². The van der Waals surface area contributed by atoms with E-state index in [0.29, 0.717) is 17.4 Å². The third-order valence-electron chi connectivity index (χ3n) is 4.00. The first-order chi connectivity index (χ1) is 12.6. The molecule has 1 N–H and O–H groups in total. The summed E-state index contributed by atoms with van der Waals surface area (Å²) >= 11 is 0. The lowest BCUT2D eigenvalue weighted by molar-refractivity contribution is -0.123. The highest BCUT2D eigenvalue weighted by Crippen LogP contribution is 2.19. The smallest absolute Gasteiger partial charge is 0.258 e. The van der Waals surface area contributed by atoms with Crippen molar-refractivity contribution in [3.05, 3.63) is 72.0 Å². The topological polar surface area (TPSA) is 64.4 Å². The molecule has 0 fully saturated rings. The summed E-state index contributed by atoms with van der Waals surface area (Å²) in [5.74, 6) is 1.53. The number of carbonyl (C=O) groups is 1. The fraction of sp³-hybridized carbons (Fsp3) is 0.238. The lowest BCUT2D eigenvalue weighted by Crippen LogP contribution is -2.28. The zero-order valence-electron chi connectivity index (χ0n) is 14.9. The second-order valence-corrected chi connectivity index (χ2v) is 6.33. The first kappa shape index (κ1) is 17.7. The number of amides is 1. The maximum Gasteiger partial charge on any atom is 0.258 e. The molecule has 0 spiro atoms. The second-order valence-electron chi connectivity index (χ2n) is 6.33. The van der Waals surface area contributed by atoms with Crippen molar-refractivity contribution < 1.29 is 14.1 Å². The fourth-order valence-corrected chi connectivity index (χ4v) is 2.48. The largest absolute Gasteiger partial charge is 0.484 e. The summed E-state index contributed by atoms with van der Waals surface area (Å²) in [6.45, 7) is 4.50. The summed E-state index contributed by atoms with van der Waals surface area (Å²) in [5.41, 5.74) is 2.96. The lowest BCUT2D eigenvalue weighted by Gasteiger charge is -2.08. The summed E-state index contributed by atoms with van der Waals surface area (Å²) in [4.78, 5) is 11.9. The van der Waals surface area contributed by atoms with Crippen molar-refractivity contribution in [2.75, 3.05) is 6.61 Å². The van der Waals surface area contributed by atoms with Gasteiger partial charge in [0.05, 0.1) is 6.54 Å². The molecule has 0 saturated carbocycles. The van der Waals surface area contributed by atoms with Crippen LogP contribution in [-0.4, -0.2) is 17.7 Å². The van der Waals surface area contributed by atoms with Crippen LogP contribution in [-0.2, 0) is 11.3 Å². The van der Waals surface area contributed by atoms with Crippen molar-refractivity contribution in [3.8, 4) is 17.0 Å². The van der Waals surface area contributed by atoms with Gasteiger partial charge in [0.1, 0.15) is 11.4 Å². The Hall–Kier alpha value is -3.08. The monoisotopic (exact) mass is 350 g/mol. The normalized spacial score (nSPS) is 10.7. The molecule has 0 radical (unpaired) electrons. The first-order valence-corrected chi connectivity index (χ1v) is 8.62. The van der Waals surface area contributed by atoms with E-state index in [9.17, 15) is 4.79 Å². The quantitative estimate of drug-likeness (QED) is 0.695. The molecule has 1 heterocycles. The number of rotatable bonds is 7. The van der Waals surface area contributed by atoms with Gasteiger partial charge < -0.3 is 14.6 Å². The summed E-state index contributed by atoms with van der Waals surface area (Å²) in [5, 5.41) is 6.79. The van der Waals surface area contributed by atoms with E-state index in [4.69, 9.17) is 9.26 Å². The van der Waals surface area contributed by atoms with Gasteiger partial charge in [0.2, 0.25) is 0 Å². The number of nitrogens with zero attached hydrogens (tertiary/aromatic N) is 1. The van der Waals surface area contributed by atoms with Crippen LogP contribution in [0, 0.1) is 0 Å². The van der Waals surface area contributed by atoms with Crippen LogP contribution >= 0.6 is 0 Å². The number of hydrogen-bond donors (Lipinski definition) is 1. The molecule has 0 aliphatic rings. The molecule has 5 heteroatoms. The maximum absolute atomic E-state index is 11.9. The third kappa shape index (κ3) is 4.72. The highest BCUT2D eigenvalue weighted by molar-refractivity contribution is 5.77. The molecule has 2 aromatic carbocycles. The minimum absolute atomic E-state index is 0.0410. The van der Waals surface area contributed by atoms with Crippen LogP contribution in [0.4, 0.5) is 0 Å². The van der Waals surface area contributed by atoms with Crippen molar-refractivity contribution in [3.63, 3.8) is 0 Å². The highest BCUT2D eigenvalue weighted by atomic mass is 16.5. The number of ether oxygens (including phenoxy) is 1. The van der Waals surface area contributed by atoms with Gasteiger partial charge >= 0.3 is 0 Å². The molecular weight excluding hydrogens is 328 g/mol. The molecule has 3 rings (SSSR count). The SMILES string of the molecule is CC(C)c1ccc(OCC(=O)NCc2cc(-c3ccccc3)no2)cc1. The molecule has 0 aliphatic heterocycles. The molecule has 0 bridgehead atoms. The van der Waals surface area contributed by atoms with Gasteiger partial charge in [-0.25, -0.2) is 0 Å². The molecule has 0 saturated heterocycles. The molecule has 0 unspecified atom stereocenters. The van der Waals surface area contributed by atoms with Gasteiger partial charge in [0.25, 0.3) is 5.91 Å². The average molecular weight is 350 g/mol. The summed E-state index contributed by atoms with van der Waals surface area (Å²) < 4.78 is 10.8. The van der Waals surface area contributed by atoms with E-state index in [2.05, 4.69) is 24.3 Å². The van der Waals surface area contributed by atoms with E-state index in [-0.39, 0.29) is 19.1 Å². The minimum Gasteiger partial charge on any atom is -0.484 e. The van der Waals surface area contributed by atoms with Crippen LogP contribution in [0.3, 0.4) is 0 Å². The van der Waals surface area contributed by atoms with Crippen molar-refractivity contribution >= 4 is 5.91 Å². The predicted octanol–water partition coefficient (Wildman–Crippen LogP) is 4.16. The second kappa shape index (κ2) is 8.34. The van der Waals surface area contributed by atoms with E-state index in [0.717, 1.165) is 11.3 Å². The summed E-state index contributed by atoms with van der Waals surface area (Å²) in [7, 11) is 0. The molecular formula is C21H22N2O3. The van der Waals surface area contributed by atoms with Crippen molar-refractivity contribution in [1.82, 2.24) is 10.5 Å². The van der Waals surface area contributed by atoms with Crippen LogP contribution in [0.15, 0.2) is 65.2 Å². The maximum atomic E-state index is 11.9. The highest BCUT2D eigenvalue weighted by Gasteiger charge is 2.09. The van der Waals surface area contributed by atoms with Crippen LogP contribution in [0.5, 0.6) is 5.75 Å². The lowest BCUT2D eigenvalue weighted by atomic mass is 10.0. The Kier molecular flexibility index (Phi) is 5.69. The van der Waals surface area contributed by atoms with Crippen LogP contribution in [0.1, 0.15) is 31.1 Å². The standard InChI is InChI=1S/C21H22N2O3/c1-15(2)16-8-10-18(11-9-16)25-14-21(24)22-13-19-12-20(23-26-19)17-6-4-3-5-7-17/h3-12,15H,13-14H2,1-2H3,(H,22,24). The number of hydrogen-bond acceptors (Lipinski definition) is 4. The molecule has 134 valence electrons. The number of carbonyl (C=O) groups excluding carboxylic acids is 1. The number of aromatic nitrogens is 1.